The van der Waals surface area contributed by atoms with Gasteiger partial charge in [0.15, 0.2) is 0 Å². The van der Waals surface area contributed by atoms with Crippen molar-refractivity contribution in [3.05, 3.63) is 36.0 Å². The van der Waals surface area contributed by atoms with Gasteiger partial charge in [0.05, 0.1) is 0 Å². The number of hydrogen-bond donors (Lipinski definition) is 3. The molecule has 0 spiro atoms. The average Bonchev–Trinajstić information content (AvgIpc) is 3.07. The summed E-state index contributed by atoms with van der Waals surface area (Å²) in [5.41, 5.74) is 2.48. The molecule has 0 unspecified atom stereocenters. The second-order valence-corrected chi connectivity index (χ2v) is 4.79. The molecule has 3 rings (SSSR count). The van der Waals surface area contributed by atoms with Crippen molar-refractivity contribution in [2.24, 2.45) is 0 Å². The van der Waals surface area contributed by atoms with E-state index in [0.29, 0.717) is 0 Å². The molecule has 1 aliphatic carbocycles. The summed E-state index contributed by atoms with van der Waals surface area (Å²) in [5, 5.41) is 8.24. The number of rotatable bonds is 6. The van der Waals surface area contributed by atoms with Gasteiger partial charge in [0.1, 0.15) is 0 Å². The molecule has 1 heterocycles. The molecular formula is C14H19N3. The summed E-state index contributed by atoms with van der Waals surface area (Å²) in [7, 11) is 0. The van der Waals surface area contributed by atoms with Crippen molar-refractivity contribution in [1.29, 1.82) is 0 Å². The Balaban J connectivity index is 1.46. The van der Waals surface area contributed by atoms with Crippen molar-refractivity contribution < 1.29 is 0 Å². The number of aromatic nitrogens is 1. The lowest BCUT2D eigenvalue weighted by Gasteiger charge is -2.04. The molecule has 0 atom stereocenters. The number of aromatic amines is 1. The van der Waals surface area contributed by atoms with Crippen molar-refractivity contribution in [3.8, 4) is 0 Å². The van der Waals surface area contributed by atoms with Crippen LogP contribution in [0.1, 0.15) is 18.5 Å². The van der Waals surface area contributed by atoms with Crippen LogP contribution in [-0.4, -0.2) is 24.1 Å². The molecule has 17 heavy (non-hydrogen) atoms. The van der Waals surface area contributed by atoms with E-state index in [2.05, 4.69) is 45.9 Å². The Kier molecular flexibility index (Phi) is 3.12. The Hall–Kier alpha value is -1.32. The number of H-pyrrole nitrogens is 1. The van der Waals surface area contributed by atoms with Crippen molar-refractivity contribution in [3.63, 3.8) is 0 Å². The van der Waals surface area contributed by atoms with E-state index in [-0.39, 0.29) is 0 Å². The summed E-state index contributed by atoms with van der Waals surface area (Å²) in [5.74, 6) is 0. The highest BCUT2D eigenvalue weighted by molar-refractivity contribution is 5.80. The van der Waals surface area contributed by atoms with E-state index in [9.17, 15) is 0 Å². The number of fused-ring (bicyclic) bond motifs is 1. The average molecular weight is 229 g/mol. The molecule has 3 heteroatoms. The van der Waals surface area contributed by atoms with Crippen LogP contribution in [0.5, 0.6) is 0 Å². The van der Waals surface area contributed by atoms with Crippen LogP contribution in [0.4, 0.5) is 0 Å². The van der Waals surface area contributed by atoms with Gasteiger partial charge in [0, 0.05) is 36.9 Å². The minimum absolute atomic E-state index is 0.810. The topological polar surface area (TPSA) is 39.9 Å². The van der Waals surface area contributed by atoms with Gasteiger partial charge < -0.3 is 15.6 Å². The molecule has 1 saturated carbocycles. The highest BCUT2D eigenvalue weighted by atomic mass is 15.0. The van der Waals surface area contributed by atoms with Gasteiger partial charge in [-0.2, -0.15) is 0 Å². The van der Waals surface area contributed by atoms with Gasteiger partial charge in [0.2, 0.25) is 0 Å². The lowest BCUT2D eigenvalue weighted by atomic mass is 10.2. The molecule has 90 valence electrons. The van der Waals surface area contributed by atoms with E-state index < -0.39 is 0 Å². The van der Waals surface area contributed by atoms with Gasteiger partial charge in [0.25, 0.3) is 0 Å². The van der Waals surface area contributed by atoms with E-state index in [1.807, 2.05) is 0 Å². The van der Waals surface area contributed by atoms with Crippen LogP contribution >= 0.6 is 0 Å². The van der Waals surface area contributed by atoms with E-state index >= 15 is 0 Å². The monoisotopic (exact) mass is 229 g/mol. The molecule has 0 saturated heterocycles. The Labute approximate surface area is 102 Å². The first kappa shape index (κ1) is 10.8. The van der Waals surface area contributed by atoms with Crippen molar-refractivity contribution in [2.45, 2.75) is 25.4 Å². The molecule has 3 nitrogen and oxygen atoms in total. The molecule has 0 amide bonds. The summed E-state index contributed by atoms with van der Waals surface area (Å²) < 4.78 is 0. The SMILES string of the molecule is c1ccc2[nH]c(CNCCNC3CC3)cc2c1. The summed E-state index contributed by atoms with van der Waals surface area (Å²) in [6.45, 7) is 3.03. The first-order valence-corrected chi connectivity index (χ1v) is 6.42. The third-order valence-electron chi connectivity index (χ3n) is 3.21. The fourth-order valence-electron chi connectivity index (χ4n) is 2.10. The quantitative estimate of drug-likeness (QED) is 0.663. The van der Waals surface area contributed by atoms with E-state index in [4.69, 9.17) is 0 Å². The second kappa shape index (κ2) is 4.90. The van der Waals surface area contributed by atoms with Crippen molar-refractivity contribution in [1.82, 2.24) is 15.6 Å². The first-order valence-electron chi connectivity index (χ1n) is 6.42. The standard InChI is InChI=1S/C14H19N3/c1-2-4-14-11(3-1)9-13(17-14)10-15-7-8-16-12-5-6-12/h1-4,9,12,15-17H,5-8,10H2. The number of hydrogen-bond acceptors (Lipinski definition) is 2. The van der Waals surface area contributed by atoms with Crippen LogP contribution in [-0.2, 0) is 6.54 Å². The lowest BCUT2D eigenvalue weighted by Crippen LogP contribution is -2.28. The summed E-state index contributed by atoms with van der Waals surface area (Å²) in [4.78, 5) is 3.42. The van der Waals surface area contributed by atoms with Gasteiger partial charge in [-0.05, 0) is 30.4 Å². The molecule has 1 aromatic heterocycles. The molecule has 0 aliphatic heterocycles. The fourth-order valence-corrected chi connectivity index (χ4v) is 2.10. The van der Waals surface area contributed by atoms with Crippen LogP contribution in [0.15, 0.2) is 30.3 Å². The molecule has 2 aromatic rings. The van der Waals surface area contributed by atoms with Crippen molar-refractivity contribution in [2.75, 3.05) is 13.1 Å². The van der Waals surface area contributed by atoms with Crippen LogP contribution in [0, 0.1) is 0 Å². The van der Waals surface area contributed by atoms with Crippen molar-refractivity contribution >= 4 is 10.9 Å². The second-order valence-electron chi connectivity index (χ2n) is 4.79. The zero-order valence-corrected chi connectivity index (χ0v) is 10.00. The highest BCUT2D eigenvalue weighted by Gasteiger charge is 2.19. The van der Waals surface area contributed by atoms with Crippen LogP contribution in [0.3, 0.4) is 0 Å². The van der Waals surface area contributed by atoms with Crippen LogP contribution in [0.25, 0.3) is 10.9 Å². The summed E-state index contributed by atoms with van der Waals surface area (Å²) in [6, 6.07) is 11.4. The van der Waals surface area contributed by atoms with E-state index in [1.54, 1.807) is 0 Å². The lowest BCUT2D eigenvalue weighted by molar-refractivity contribution is 0.605. The fraction of sp³-hybridized carbons (Fsp3) is 0.429. The minimum Gasteiger partial charge on any atom is -0.357 e. The predicted octanol–water partition coefficient (Wildman–Crippen LogP) is 2.01. The normalized spacial score (nSPS) is 15.5. The number of para-hydroxylation sites is 1. The maximum absolute atomic E-state index is 3.50. The maximum atomic E-state index is 3.50. The first-order chi connectivity index (χ1) is 8.42. The molecular weight excluding hydrogens is 210 g/mol. The largest absolute Gasteiger partial charge is 0.357 e. The smallest absolute Gasteiger partial charge is 0.0456 e. The highest BCUT2D eigenvalue weighted by Crippen LogP contribution is 2.17. The van der Waals surface area contributed by atoms with Gasteiger partial charge in [-0.3, -0.25) is 0 Å². The summed E-state index contributed by atoms with van der Waals surface area (Å²) in [6.07, 6.45) is 2.73. The van der Waals surface area contributed by atoms with E-state index in [0.717, 1.165) is 25.7 Å². The third-order valence-corrected chi connectivity index (χ3v) is 3.21. The number of benzene rings is 1. The Morgan fingerprint density at radius 2 is 2.06 bits per heavy atom. The Morgan fingerprint density at radius 3 is 2.88 bits per heavy atom. The molecule has 0 bridgehead atoms. The zero-order chi connectivity index (χ0) is 11.5. The van der Waals surface area contributed by atoms with E-state index in [1.165, 1.54) is 29.4 Å². The third kappa shape index (κ3) is 2.87. The summed E-state index contributed by atoms with van der Waals surface area (Å²) >= 11 is 0. The predicted molar refractivity (Wildman–Crippen MR) is 71.0 cm³/mol. The molecule has 1 fully saturated rings. The molecule has 3 N–H and O–H groups in total. The maximum Gasteiger partial charge on any atom is 0.0456 e. The van der Waals surface area contributed by atoms with Gasteiger partial charge in [-0.15, -0.1) is 0 Å². The zero-order valence-electron chi connectivity index (χ0n) is 10.00. The molecule has 1 aromatic carbocycles. The van der Waals surface area contributed by atoms with Crippen LogP contribution < -0.4 is 10.6 Å². The Morgan fingerprint density at radius 1 is 1.18 bits per heavy atom. The van der Waals surface area contributed by atoms with Gasteiger partial charge in [-0.1, -0.05) is 18.2 Å². The Bertz CT molecular complexity index is 452. The minimum atomic E-state index is 0.810. The molecule has 1 aliphatic rings. The molecule has 0 radical (unpaired) electrons. The van der Waals surface area contributed by atoms with Gasteiger partial charge >= 0.3 is 0 Å². The number of nitrogens with one attached hydrogen (secondary N) is 3. The van der Waals surface area contributed by atoms with Gasteiger partial charge in [-0.25, -0.2) is 0 Å². The van der Waals surface area contributed by atoms with Crippen LogP contribution in [0.2, 0.25) is 0 Å².